The summed E-state index contributed by atoms with van der Waals surface area (Å²) < 4.78 is 6.02. The van der Waals surface area contributed by atoms with Gasteiger partial charge in [0.1, 0.15) is 5.75 Å². The van der Waals surface area contributed by atoms with Gasteiger partial charge in [0.25, 0.3) is 5.69 Å². The maximum atomic E-state index is 11.9. The van der Waals surface area contributed by atoms with Crippen molar-refractivity contribution in [1.82, 2.24) is 0 Å². The molecule has 7 heteroatoms. The quantitative estimate of drug-likeness (QED) is 0.485. The van der Waals surface area contributed by atoms with E-state index in [2.05, 4.69) is 21.2 Å². The molecule has 0 unspecified atom stereocenters. The van der Waals surface area contributed by atoms with E-state index in [0.717, 1.165) is 10.0 Å². The Balaban J connectivity index is 2.10. The Morgan fingerprint density at radius 2 is 1.96 bits per heavy atom. The van der Waals surface area contributed by atoms with Gasteiger partial charge < -0.3 is 10.1 Å². The Hall–Kier alpha value is -2.67. The molecule has 118 valence electrons. The highest BCUT2D eigenvalue weighted by atomic mass is 79.9. The van der Waals surface area contributed by atoms with E-state index in [4.69, 9.17) is 4.74 Å². The number of carbonyl (C=O) groups excluding carboxylic acids is 1. The van der Waals surface area contributed by atoms with Gasteiger partial charge in [-0.1, -0.05) is 28.1 Å². The van der Waals surface area contributed by atoms with Crippen LogP contribution in [0.5, 0.6) is 5.75 Å². The van der Waals surface area contributed by atoms with Gasteiger partial charge in [0.05, 0.1) is 23.8 Å². The molecule has 0 radical (unpaired) electrons. The maximum absolute atomic E-state index is 11.9. The zero-order valence-corrected chi connectivity index (χ0v) is 13.7. The molecular weight excluding hydrogens is 364 g/mol. The molecule has 1 amide bonds. The second kappa shape index (κ2) is 7.55. The normalized spacial score (nSPS) is 10.5. The number of hydrogen-bond donors (Lipinski definition) is 1. The number of hydrogen-bond acceptors (Lipinski definition) is 4. The van der Waals surface area contributed by atoms with Gasteiger partial charge in [0, 0.05) is 16.6 Å². The van der Waals surface area contributed by atoms with Crippen LogP contribution in [0.4, 0.5) is 11.4 Å². The van der Waals surface area contributed by atoms with E-state index in [9.17, 15) is 14.9 Å². The third-order valence-electron chi connectivity index (χ3n) is 2.95. The molecule has 2 rings (SSSR count). The molecular formula is C16H13BrN2O4. The molecule has 0 saturated heterocycles. The van der Waals surface area contributed by atoms with Crippen LogP contribution in [0.3, 0.4) is 0 Å². The zero-order chi connectivity index (χ0) is 16.8. The standard InChI is InChI=1S/C16H13BrN2O4/c1-23-15-10-13(19(21)22)7-8-14(15)18-16(20)9-4-11-2-5-12(17)6-3-11/h2-10H,1H3,(H,18,20)/b9-4+. The van der Waals surface area contributed by atoms with Gasteiger partial charge in [0.15, 0.2) is 0 Å². The molecule has 0 aliphatic rings. The minimum absolute atomic E-state index is 0.106. The number of nitrogens with one attached hydrogen (secondary N) is 1. The van der Waals surface area contributed by atoms with E-state index < -0.39 is 4.92 Å². The maximum Gasteiger partial charge on any atom is 0.273 e. The van der Waals surface area contributed by atoms with Crippen LogP contribution < -0.4 is 10.1 Å². The third kappa shape index (κ3) is 4.65. The predicted molar refractivity (Wildman–Crippen MR) is 91.5 cm³/mol. The first kappa shape index (κ1) is 16.7. The monoisotopic (exact) mass is 376 g/mol. The van der Waals surface area contributed by atoms with Crippen LogP contribution in [0.15, 0.2) is 53.0 Å². The highest BCUT2D eigenvalue weighted by Gasteiger charge is 2.12. The minimum atomic E-state index is -0.526. The van der Waals surface area contributed by atoms with Gasteiger partial charge in [-0.2, -0.15) is 0 Å². The van der Waals surface area contributed by atoms with Crippen molar-refractivity contribution in [2.24, 2.45) is 0 Å². The first-order chi connectivity index (χ1) is 11.0. The second-order valence-electron chi connectivity index (χ2n) is 4.52. The molecule has 2 aromatic rings. The van der Waals surface area contributed by atoms with Crippen molar-refractivity contribution < 1.29 is 14.5 Å². The van der Waals surface area contributed by atoms with Crippen LogP contribution in [-0.2, 0) is 4.79 Å². The fourth-order valence-electron chi connectivity index (χ4n) is 1.82. The number of benzene rings is 2. The summed E-state index contributed by atoms with van der Waals surface area (Å²) in [5, 5.41) is 13.4. The van der Waals surface area contributed by atoms with Crippen LogP contribution in [0.2, 0.25) is 0 Å². The van der Waals surface area contributed by atoms with Crippen LogP contribution in [0.25, 0.3) is 6.08 Å². The van der Waals surface area contributed by atoms with Crippen molar-refractivity contribution in [1.29, 1.82) is 0 Å². The van der Waals surface area contributed by atoms with E-state index in [-0.39, 0.29) is 17.3 Å². The molecule has 0 atom stereocenters. The number of methoxy groups -OCH3 is 1. The summed E-state index contributed by atoms with van der Waals surface area (Å²) in [6.45, 7) is 0. The van der Waals surface area contributed by atoms with Crippen molar-refractivity contribution in [3.63, 3.8) is 0 Å². The van der Waals surface area contributed by atoms with Crippen LogP contribution >= 0.6 is 15.9 Å². The average Bonchev–Trinajstić information content (AvgIpc) is 2.54. The molecule has 1 N–H and O–H groups in total. The molecule has 2 aromatic carbocycles. The van der Waals surface area contributed by atoms with Crippen molar-refractivity contribution in [3.05, 3.63) is 68.7 Å². The number of carbonyl (C=O) groups is 1. The Kier molecular flexibility index (Phi) is 5.48. The molecule has 0 spiro atoms. The number of nitro groups is 1. The van der Waals surface area contributed by atoms with Gasteiger partial charge in [-0.25, -0.2) is 0 Å². The lowest BCUT2D eigenvalue weighted by Gasteiger charge is -2.08. The SMILES string of the molecule is COc1cc([N+](=O)[O-])ccc1NC(=O)/C=C/c1ccc(Br)cc1. The first-order valence-electron chi connectivity index (χ1n) is 6.56. The fraction of sp³-hybridized carbons (Fsp3) is 0.0625. The molecule has 0 heterocycles. The van der Waals surface area contributed by atoms with E-state index in [1.807, 2.05) is 24.3 Å². The number of ether oxygens (including phenoxy) is 1. The summed E-state index contributed by atoms with van der Waals surface area (Å²) in [7, 11) is 1.38. The van der Waals surface area contributed by atoms with Crippen LogP contribution in [0.1, 0.15) is 5.56 Å². The van der Waals surface area contributed by atoms with Gasteiger partial charge in [0.2, 0.25) is 5.91 Å². The topological polar surface area (TPSA) is 81.5 Å². The highest BCUT2D eigenvalue weighted by molar-refractivity contribution is 9.10. The number of halogens is 1. The highest BCUT2D eigenvalue weighted by Crippen LogP contribution is 2.28. The molecule has 6 nitrogen and oxygen atoms in total. The van der Waals surface area contributed by atoms with E-state index in [1.54, 1.807) is 6.08 Å². The van der Waals surface area contributed by atoms with Gasteiger partial charge in [-0.3, -0.25) is 14.9 Å². The van der Waals surface area contributed by atoms with Gasteiger partial charge in [-0.05, 0) is 29.8 Å². The molecule has 0 bridgehead atoms. The number of anilines is 1. The summed E-state index contributed by atoms with van der Waals surface area (Å²) in [5.41, 5.74) is 1.13. The number of non-ortho nitro benzene ring substituents is 1. The smallest absolute Gasteiger partial charge is 0.273 e. The zero-order valence-electron chi connectivity index (χ0n) is 12.2. The van der Waals surface area contributed by atoms with Crippen molar-refractivity contribution >= 4 is 39.3 Å². The first-order valence-corrected chi connectivity index (χ1v) is 7.36. The lowest BCUT2D eigenvalue weighted by molar-refractivity contribution is -0.384. The second-order valence-corrected chi connectivity index (χ2v) is 5.43. The fourth-order valence-corrected chi connectivity index (χ4v) is 2.08. The summed E-state index contributed by atoms with van der Waals surface area (Å²) in [6.07, 6.45) is 3.05. The minimum Gasteiger partial charge on any atom is -0.494 e. The largest absolute Gasteiger partial charge is 0.494 e. The lowest BCUT2D eigenvalue weighted by Crippen LogP contribution is -2.09. The molecule has 0 aliphatic carbocycles. The van der Waals surface area contributed by atoms with Crippen molar-refractivity contribution in [2.75, 3.05) is 12.4 Å². The number of nitro benzene ring substituents is 1. The molecule has 23 heavy (non-hydrogen) atoms. The van der Waals surface area contributed by atoms with Crippen molar-refractivity contribution in [2.45, 2.75) is 0 Å². The van der Waals surface area contributed by atoms with Gasteiger partial charge >= 0.3 is 0 Å². The van der Waals surface area contributed by atoms with E-state index >= 15 is 0 Å². The Morgan fingerprint density at radius 1 is 1.26 bits per heavy atom. The van der Waals surface area contributed by atoms with E-state index in [1.165, 1.54) is 31.4 Å². The number of nitrogens with zero attached hydrogens (tertiary/aromatic N) is 1. The Bertz CT molecular complexity index is 757. The molecule has 0 fully saturated rings. The van der Waals surface area contributed by atoms with Crippen molar-refractivity contribution in [3.8, 4) is 5.75 Å². The van der Waals surface area contributed by atoms with Crippen LogP contribution in [0, 0.1) is 10.1 Å². The summed E-state index contributed by atoms with van der Waals surface area (Å²) in [5.74, 6) is -0.135. The third-order valence-corrected chi connectivity index (χ3v) is 3.48. The number of rotatable bonds is 5. The number of amides is 1. The molecule has 0 aliphatic heterocycles. The van der Waals surface area contributed by atoms with E-state index in [0.29, 0.717) is 5.69 Å². The summed E-state index contributed by atoms with van der Waals surface area (Å²) >= 11 is 3.34. The Morgan fingerprint density at radius 3 is 2.57 bits per heavy atom. The average molecular weight is 377 g/mol. The lowest BCUT2D eigenvalue weighted by atomic mass is 10.2. The Labute approximate surface area is 141 Å². The molecule has 0 aromatic heterocycles. The summed E-state index contributed by atoms with van der Waals surface area (Å²) in [6, 6.07) is 11.5. The van der Waals surface area contributed by atoms with Gasteiger partial charge in [-0.15, -0.1) is 0 Å². The summed E-state index contributed by atoms with van der Waals surface area (Å²) in [4.78, 5) is 22.2. The van der Waals surface area contributed by atoms with Crippen LogP contribution in [-0.4, -0.2) is 17.9 Å². The predicted octanol–water partition coefficient (Wildman–Crippen LogP) is 4.02. The molecule has 0 saturated carbocycles.